The summed E-state index contributed by atoms with van der Waals surface area (Å²) < 4.78 is 0. The van der Waals surface area contributed by atoms with Crippen LogP contribution in [-0.2, 0) is 4.79 Å². The molecule has 0 spiro atoms. The molecule has 0 bridgehead atoms. The standard InChI is InChI=1S/C14H14N2O2/c17-14(18)13-12-15-10-8-6-4-2-1-3-5-7-9-11-16-13/h1-12,16H,(H,17,18)/b3-1+,4-2-,7-5+,8-6+,11-9-,13-12-,15-10+. The van der Waals surface area contributed by atoms with Crippen molar-refractivity contribution in [2.75, 3.05) is 0 Å². The molecule has 2 N–H and O–H groups in total. The van der Waals surface area contributed by atoms with E-state index in [-0.39, 0.29) is 5.70 Å². The van der Waals surface area contributed by atoms with Gasteiger partial charge in [0.2, 0.25) is 0 Å². The lowest BCUT2D eigenvalue weighted by molar-refractivity contribution is -0.133. The van der Waals surface area contributed by atoms with Gasteiger partial charge in [-0.1, -0.05) is 42.5 Å². The number of hydrogen-bond acceptors (Lipinski definition) is 3. The molecule has 1 aliphatic heterocycles. The molecule has 0 amide bonds. The fraction of sp³-hybridized carbons (Fsp3) is 0. The summed E-state index contributed by atoms with van der Waals surface area (Å²) in [5.74, 6) is -1.06. The van der Waals surface area contributed by atoms with Crippen LogP contribution >= 0.6 is 0 Å². The summed E-state index contributed by atoms with van der Waals surface area (Å²) in [5.41, 5.74) is 0.00487. The highest BCUT2D eigenvalue weighted by Gasteiger charge is 2.02. The Bertz CT molecular complexity index is 478. The van der Waals surface area contributed by atoms with Gasteiger partial charge in [0.15, 0.2) is 0 Å². The number of aliphatic imine (C=N–C) groups is 1. The number of rotatable bonds is 1. The van der Waals surface area contributed by atoms with Crippen molar-refractivity contribution in [2.45, 2.75) is 0 Å². The molecule has 0 aromatic carbocycles. The van der Waals surface area contributed by atoms with Gasteiger partial charge >= 0.3 is 5.97 Å². The fourth-order valence-electron chi connectivity index (χ4n) is 1.01. The number of nitrogens with zero attached hydrogens (tertiary/aromatic N) is 1. The van der Waals surface area contributed by atoms with Crippen LogP contribution in [0.1, 0.15) is 0 Å². The first-order valence-corrected chi connectivity index (χ1v) is 5.35. The van der Waals surface area contributed by atoms with Gasteiger partial charge in [0.05, 0.1) is 6.20 Å². The average Bonchev–Trinajstić information content (AvgIpc) is 2.36. The molecule has 0 aromatic heterocycles. The van der Waals surface area contributed by atoms with Crippen LogP contribution in [0.15, 0.2) is 77.8 Å². The summed E-state index contributed by atoms with van der Waals surface area (Å²) in [6.07, 6.45) is 20.6. The highest BCUT2D eigenvalue weighted by molar-refractivity contribution is 5.86. The maximum absolute atomic E-state index is 10.9. The lowest BCUT2D eigenvalue weighted by Crippen LogP contribution is -2.14. The number of nitrogens with one attached hydrogen (secondary N) is 1. The molecule has 1 heterocycles. The van der Waals surface area contributed by atoms with E-state index in [4.69, 9.17) is 5.11 Å². The lowest BCUT2D eigenvalue weighted by atomic mass is 10.4. The molecular weight excluding hydrogens is 228 g/mol. The van der Waals surface area contributed by atoms with E-state index in [1.807, 2.05) is 30.4 Å². The van der Waals surface area contributed by atoms with Crippen molar-refractivity contribution in [3.8, 4) is 0 Å². The highest BCUT2D eigenvalue weighted by Crippen LogP contribution is 1.91. The van der Waals surface area contributed by atoms with Gasteiger partial charge < -0.3 is 10.4 Å². The van der Waals surface area contributed by atoms with Crippen molar-refractivity contribution in [1.82, 2.24) is 5.32 Å². The lowest BCUT2D eigenvalue weighted by Gasteiger charge is -1.98. The van der Waals surface area contributed by atoms with Gasteiger partial charge in [0.25, 0.3) is 0 Å². The normalized spacial score (nSPS) is 29.2. The minimum absolute atomic E-state index is 0.00487. The Morgan fingerprint density at radius 1 is 0.944 bits per heavy atom. The number of carboxylic acids is 1. The molecule has 1 rings (SSSR count). The van der Waals surface area contributed by atoms with E-state index >= 15 is 0 Å². The van der Waals surface area contributed by atoms with Crippen molar-refractivity contribution in [1.29, 1.82) is 0 Å². The number of aliphatic carboxylic acids is 1. The van der Waals surface area contributed by atoms with Crippen molar-refractivity contribution in [2.24, 2.45) is 4.99 Å². The van der Waals surface area contributed by atoms with E-state index in [0.717, 1.165) is 0 Å². The molecule has 0 fully saturated rings. The maximum atomic E-state index is 10.9. The van der Waals surface area contributed by atoms with E-state index < -0.39 is 5.97 Å². The van der Waals surface area contributed by atoms with Crippen LogP contribution in [0.3, 0.4) is 0 Å². The SMILES string of the molecule is O=C(O)/C1=C/N=C/C=C/C=C\C=C\C=C\C=C/N1. The van der Waals surface area contributed by atoms with E-state index in [9.17, 15) is 4.79 Å². The number of hydrogen-bond donors (Lipinski definition) is 2. The minimum Gasteiger partial charge on any atom is -0.477 e. The van der Waals surface area contributed by atoms with Gasteiger partial charge in [-0.05, 0) is 12.2 Å². The molecule has 92 valence electrons. The van der Waals surface area contributed by atoms with E-state index in [1.165, 1.54) is 18.6 Å². The molecule has 0 aliphatic carbocycles. The van der Waals surface area contributed by atoms with Crippen LogP contribution in [0.2, 0.25) is 0 Å². The summed E-state index contributed by atoms with van der Waals surface area (Å²) in [6, 6.07) is 0. The maximum Gasteiger partial charge on any atom is 0.353 e. The highest BCUT2D eigenvalue weighted by atomic mass is 16.4. The van der Waals surface area contributed by atoms with Gasteiger partial charge in [0, 0.05) is 12.4 Å². The zero-order valence-electron chi connectivity index (χ0n) is 9.73. The Morgan fingerprint density at radius 2 is 1.50 bits per heavy atom. The molecular formula is C14H14N2O2. The first-order chi connectivity index (χ1) is 8.80. The summed E-state index contributed by atoms with van der Waals surface area (Å²) in [4.78, 5) is 14.7. The molecule has 0 saturated carbocycles. The smallest absolute Gasteiger partial charge is 0.353 e. The number of allylic oxidation sites excluding steroid dienone is 9. The largest absolute Gasteiger partial charge is 0.477 e. The van der Waals surface area contributed by atoms with Crippen LogP contribution < -0.4 is 5.32 Å². The fourth-order valence-corrected chi connectivity index (χ4v) is 1.01. The molecule has 0 radical (unpaired) electrons. The van der Waals surface area contributed by atoms with Crippen LogP contribution in [0, 0.1) is 0 Å². The van der Waals surface area contributed by atoms with Crippen molar-refractivity contribution in [3.05, 3.63) is 72.8 Å². The zero-order valence-corrected chi connectivity index (χ0v) is 9.73. The first-order valence-electron chi connectivity index (χ1n) is 5.35. The van der Waals surface area contributed by atoms with Gasteiger partial charge in [-0.3, -0.25) is 4.99 Å². The predicted octanol–water partition coefficient (Wildman–Crippen LogP) is 2.32. The Labute approximate surface area is 106 Å². The third-order valence-corrected chi connectivity index (χ3v) is 1.83. The minimum atomic E-state index is -1.06. The van der Waals surface area contributed by atoms with Crippen LogP contribution in [-0.4, -0.2) is 17.3 Å². The molecule has 0 unspecified atom stereocenters. The van der Waals surface area contributed by atoms with E-state index in [2.05, 4.69) is 10.3 Å². The third-order valence-electron chi connectivity index (χ3n) is 1.83. The van der Waals surface area contributed by atoms with Gasteiger partial charge in [-0.25, -0.2) is 4.79 Å². The topological polar surface area (TPSA) is 61.7 Å². The molecule has 4 heteroatoms. The van der Waals surface area contributed by atoms with Gasteiger partial charge in [-0.15, -0.1) is 0 Å². The van der Waals surface area contributed by atoms with Gasteiger partial charge in [0.1, 0.15) is 5.70 Å². The average molecular weight is 242 g/mol. The Balaban J connectivity index is 2.86. The van der Waals surface area contributed by atoms with Crippen LogP contribution in [0.5, 0.6) is 0 Å². The summed E-state index contributed by atoms with van der Waals surface area (Å²) in [5, 5.41) is 11.5. The van der Waals surface area contributed by atoms with Gasteiger partial charge in [-0.2, -0.15) is 0 Å². The summed E-state index contributed by atoms with van der Waals surface area (Å²) >= 11 is 0. The Kier molecular flexibility index (Phi) is 6.37. The molecule has 0 saturated heterocycles. The van der Waals surface area contributed by atoms with Crippen molar-refractivity contribution >= 4 is 12.2 Å². The second-order valence-corrected chi connectivity index (χ2v) is 3.19. The molecule has 0 aromatic rings. The summed E-state index contributed by atoms with van der Waals surface area (Å²) in [6.45, 7) is 0. The molecule has 4 nitrogen and oxygen atoms in total. The first kappa shape index (κ1) is 13.4. The van der Waals surface area contributed by atoms with E-state index in [0.29, 0.717) is 0 Å². The van der Waals surface area contributed by atoms with Crippen LogP contribution in [0.4, 0.5) is 0 Å². The second kappa shape index (κ2) is 8.52. The number of carbonyl (C=O) groups is 1. The molecule has 0 atom stereocenters. The number of carboxylic acid groups (broad SMARTS) is 1. The quantitative estimate of drug-likeness (QED) is 0.741. The second-order valence-electron chi connectivity index (χ2n) is 3.19. The monoisotopic (exact) mass is 242 g/mol. The Morgan fingerprint density at radius 3 is 2.11 bits per heavy atom. The van der Waals surface area contributed by atoms with Crippen molar-refractivity contribution in [3.63, 3.8) is 0 Å². The van der Waals surface area contributed by atoms with Crippen LogP contribution in [0.25, 0.3) is 0 Å². The molecule has 1 aliphatic rings. The van der Waals surface area contributed by atoms with E-state index in [1.54, 1.807) is 24.3 Å². The molecule has 18 heavy (non-hydrogen) atoms. The predicted molar refractivity (Wildman–Crippen MR) is 73.0 cm³/mol. The third kappa shape index (κ3) is 6.07. The van der Waals surface area contributed by atoms with Crippen molar-refractivity contribution < 1.29 is 9.90 Å². The Hall–Kier alpha value is -2.62. The zero-order chi connectivity index (χ0) is 13.1. The summed E-state index contributed by atoms with van der Waals surface area (Å²) in [7, 11) is 0.